The molecule has 5 nitrogen and oxygen atoms in total. The maximum Gasteiger partial charge on any atom is 0.226 e. The van der Waals surface area contributed by atoms with Crippen LogP contribution in [-0.4, -0.2) is 44.2 Å². The van der Waals surface area contributed by atoms with Crippen LogP contribution in [0, 0.1) is 0 Å². The van der Waals surface area contributed by atoms with Crippen molar-refractivity contribution in [1.82, 2.24) is 4.90 Å². The Hall–Kier alpha value is -2.53. The number of hydrogen-bond donors (Lipinski definition) is 0. The van der Waals surface area contributed by atoms with Crippen molar-refractivity contribution in [3.05, 3.63) is 53.6 Å². The van der Waals surface area contributed by atoms with Gasteiger partial charge in [0.1, 0.15) is 0 Å². The highest BCUT2D eigenvalue weighted by Crippen LogP contribution is 2.32. The van der Waals surface area contributed by atoms with Crippen LogP contribution in [0.25, 0.3) is 0 Å². The second-order valence-electron chi connectivity index (χ2n) is 7.80. The average molecular weight is 411 g/mol. The highest BCUT2D eigenvalue weighted by molar-refractivity contribution is 5.93. The molecule has 2 aromatic rings. The number of likely N-dealkylation sites (tertiary alicyclic amines) is 1. The Morgan fingerprint density at radius 3 is 2.30 bits per heavy atom. The van der Waals surface area contributed by atoms with Gasteiger partial charge in [0.15, 0.2) is 11.5 Å². The van der Waals surface area contributed by atoms with Gasteiger partial charge in [-0.1, -0.05) is 38.1 Å². The summed E-state index contributed by atoms with van der Waals surface area (Å²) >= 11 is 0. The Labute approximate surface area is 180 Å². The number of aryl methyl sites for hydroxylation is 1. The second-order valence-corrected chi connectivity index (χ2v) is 7.80. The first-order chi connectivity index (χ1) is 14.6. The monoisotopic (exact) mass is 410 g/mol. The molecule has 0 bridgehead atoms. The molecule has 1 saturated heterocycles. The topological polar surface area (TPSA) is 42.0 Å². The number of methoxy groups -OCH3 is 2. The maximum absolute atomic E-state index is 12.8. The van der Waals surface area contributed by atoms with Crippen LogP contribution in [0.2, 0.25) is 0 Å². The average Bonchev–Trinajstić information content (AvgIpc) is 2.80. The third-order valence-electron chi connectivity index (χ3n) is 5.99. The van der Waals surface area contributed by atoms with E-state index in [-0.39, 0.29) is 11.9 Å². The van der Waals surface area contributed by atoms with E-state index in [1.54, 1.807) is 14.2 Å². The molecule has 0 N–H and O–H groups in total. The van der Waals surface area contributed by atoms with Gasteiger partial charge in [-0.05, 0) is 43.0 Å². The number of anilines is 1. The molecular weight excluding hydrogens is 376 g/mol. The lowest BCUT2D eigenvalue weighted by Crippen LogP contribution is -2.47. The fourth-order valence-electron chi connectivity index (χ4n) is 4.28. The Morgan fingerprint density at radius 1 is 1.03 bits per heavy atom. The number of carbonyl (C=O) groups excluding carboxylic acids is 1. The summed E-state index contributed by atoms with van der Waals surface area (Å²) in [5.74, 6) is 1.77. The summed E-state index contributed by atoms with van der Waals surface area (Å²) in [4.78, 5) is 17.2. The highest BCUT2D eigenvalue weighted by Gasteiger charge is 2.29. The van der Waals surface area contributed by atoms with E-state index in [1.807, 2.05) is 24.0 Å². The molecule has 30 heavy (non-hydrogen) atoms. The van der Waals surface area contributed by atoms with Crippen LogP contribution in [0.3, 0.4) is 0 Å². The SMILES string of the molecule is CCC(=O)N(c1ccc(CC)cc1)C1CCN(Cc2cccc(OC)c2OC)CC1. The lowest BCUT2D eigenvalue weighted by Gasteiger charge is -2.38. The Bertz CT molecular complexity index is 827. The van der Waals surface area contributed by atoms with E-state index in [1.165, 1.54) is 5.56 Å². The first-order valence-corrected chi connectivity index (χ1v) is 10.9. The minimum Gasteiger partial charge on any atom is -0.493 e. The van der Waals surface area contributed by atoms with E-state index in [4.69, 9.17) is 9.47 Å². The van der Waals surface area contributed by atoms with Gasteiger partial charge in [0.2, 0.25) is 5.91 Å². The summed E-state index contributed by atoms with van der Waals surface area (Å²) in [5.41, 5.74) is 3.45. The fraction of sp³-hybridized carbons (Fsp3) is 0.480. The van der Waals surface area contributed by atoms with Gasteiger partial charge in [-0.15, -0.1) is 0 Å². The zero-order valence-electron chi connectivity index (χ0n) is 18.7. The lowest BCUT2D eigenvalue weighted by atomic mass is 10.0. The van der Waals surface area contributed by atoms with Gasteiger partial charge in [0.25, 0.3) is 0 Å². The van der Waals surface area contributed by atoms with Crippen LogP contribution in [-0.2, 0) is 17.8 Å². The number of hydrogen-bond acceptors (Lipinski definition) is 4. The molecule has 0 spiro atoms. The number of rotatable bonds is 8. The first-order valence-electron chi connectivity index (χ1n) is 10.9. The van der Waals surface area contributed by atoms with Gasteiger partial charge in [0, 0.05) is 43.3 Å². The second kappa shape index (κ2) is 10.5. The lowest BCUT2D eigenvalue weighted by molar-refractivity contribution is -0.119. The van der Waals surface area contributed by atoms with Crippen molar-refractivity contribution in [1.29, 1.82) is 0 Å². The van der Waals surface area contributed by atoms with Crippen molar-refractivity contribution >= 4 is 11.6 Å². The number of nitrogens with zero attached hydrogens (tertiary/aromatic N) is 2. The van der Waals surface area contributed by atoms with E-state index >= 15 is 0 Å². The maximum atomic E-state index is 12.8. The third kappa shape index (κ3) is 4.96. The number of piperidine rings is 1. The van der Waals surface area contributed by atoms with Crippen molar-refractivity contribution in [2.45, 2.75) is 52.1 Å². The largest absolute Gasteiger partial charge is 0.493 e. The quantitative estimate of drug-likeness (QED) is 0.634. The minimum atomic E-state index is 0.201. The first kappa shape index (κ1) is 22.2. The molecular formula is C25H34N2O3. The van der Waals surface area contributed by atoms with E-state index in [9.17, 15) is 4.79 Å². The minimum absolute atomic E-state index is 0.201. The number of benzene rings is 2. The van der Waals surface area contributed by atoms with E-state index in [0.29, 0.717) is 6.42 Å². The molecule has 1 amide bonds. The smallest absolute Gasteiger partial charge is 0.226 e. The number of carbonyl (C=O) groups is 1. The molecule has 1 aliphatic rings. The van der Waals surface area contributed by atoms with Crippen LogP contribution in [0.1, 0.15) is 44.2 Å². The molecule has 0 unspecified atom stereocenters. The van der Waals surface area contributed by atoms with Crippen molar-refractivity contribution in [2.75, 3.05) is 32.2 Å². The molecule has 0 radical (unpaired) electrons. The molecule has 0 aliphatic carbocycles. The molecule has 1 fully saturated rings. The van der Waals surface area contributed by atoms with Crippen LogP contribution < -0.4 is 14.4 Å². The van der Waals surface area contributed by atoms with Gasteiger partial charge in [0.05, 0.1) is 14.2 Å². The standard InChI is InChI=1S/C25H34N2O3/c1-5-19-10-12-21(13-11-19)27(24(28)6-2)22-14-16-26(17-15-22)18-20-8-7-9-23(29-3)25(20)30-4/h7-13,22H,5-6,14-18H2,1-4H3. The van der Waals surface area contributed by atoms with Crippen LogP contribution >= 0.6 is 0 Å². The summed E-state index contributed by atoms with van der Waals surface area (Å²) in [7, 11) is 3.35. The van der Waals surface area contributed by atoms with Gasteiger partial charge >= 0.3 is 0 Å². The summed E-state index contributed by atoms with van der Waals surface area (Å²) in [6, 6.07) is 14.7. The van der Waals surface area contributed by atoms with E-state index in [0.717, 1.165) is 61.6 Å². The van der Waals surface area contributed by atoms with Crippen molar-refractivity contribution < 1.29 is 14.3 Å². The Kier molecular flexibility index (Phi) is 7.75. The van der Waals surface area contributed by atoms with Crippen molar-refractivity contribution in [2.24, 2.45) is 0 Å². The molecule has 5 heteroatoms. The predicted molar refractivity (Wildman–Crippen MR) is 121 cm³/mol. The third-order valence-corrected chi connectivity index (χ3v) is 5.99. The number of para-hydroxylation sites is 1. The molecule has 0 saturated carbocycles. The number of ether oxygens (including phenoxy) is 2. The molecule has 162 valence electrons. The predicted octanol–water partition coefficient (Wildman–Crippen LogP) is 4.67. The molecule has 3 rings (SSSR count). The van der Waals surface area contributed by atoms with Crippen LogP contribution in [0.15, 0.2) is 42.5 Å². The van der Waals surface area contributed by atoms with Crippen LogP contribution in [0.5, 0.6) is 11.5 Å². The zero-order valence-corrected chi connectivity index (χ0v) is 18.7. The highest BCUT2D eigenvalue weighted by atomic mass is 16.5. The van der Waals surface area contributed by atoms with Gasteiger partial charge in [-0.3, -0.25) is 9.69 Å². The Morgan fingerprint density at radius 2 is 1.73 bits per heavy atom. The molecule has 0 aromatic heterocycles. The normalized spacial score (nSPS) is 15.1. The van der Waals surface area contributed by atoms with Gasteiger partial charge in [-0.2, -0.15) is 0 Å². The summed E-state index contributed by atoms with van der Waals surface area (Å²) in [6.45, 7) is 6.81. The van der Waals surface area contributed by atoms with Gasteiger partial charge in [-0.25, -0.2) is 0 Å². The summed E-state index contributed by atoms with van der Waals surface area (Å²) in [5, 5.41) is 0. The molecule has 1 heterocycles. The van der Waals surface area contributed by atoms with Crippen molar-refractivity contribution in [3.63, 3.8) is 0 Å². The van der Waals surface area contributed by atoms with Crippen LogP contribution in [0.4, 0.5) is 5.69 Å². The van der Waals surface area contributed by atoms with Crippen molar-refractivity contribution in [3.8, 4) is 11.5 Å². The molecule has 2 aromatic carbocycles. The Balaban J connectivity index is 1.69. The van der Waals surface area contributed by atoms with Gasteiger partial charge < -0.3 is 14.4 Å². The van der Waals surface area contributed by atoms with E-state index in [2.05, 4.69) is 42.2 Å². The summed E-state index contributed by atoms with van der Waals surface area (Å²) < 4.78 is 11.0. The van der Waals surface area contributed by atoms with E-state index < -0.39 is 0 Å². The number of amides is 1. The molecule has 1 aliphatic heterocycles. The fourth-order valence-corrected chi connectivity index (χ4v) is 4.28. The molecule has 0 atom stereocenters. The zero-order chi connectivity index (χ0) is 21.5. The summed E-state index contributed by atoms with van der Waals surface area (Å²) in [6.07, 6.45) is 3.46.